The van der Waals surface area contributed by atoms with Gasteiger partial charge in [-0.05, 0) is 12.1 Å². The topological polar surface area (TPSA) is 127 Å². The third-order valence-corrected chi connectivity index (χ3v) is 3.09. The molecule has 0 fully saturated rings. The molecule has 1 aromatic carbocycles. The van der Waals surface area contributed by atoms with Crippen LogP contribution in [0.1, 0.15) is 13.2 Å². The fourth-order valence-corrected chi connectivity index (χ4v) is 1.83. The smallest absolute Gasteiger partial charge is 1.00 e. The summed E-state index contributed by atoms with van der Waals surface area (Å²) in [6.45, 7) is 0. The number of carbonyl (C=O) groups is 1. The number of hydrogen-bond acceptors (Lipinski definition) is 6. The number of aromatic hydroxyl groups is 2. The third-order valence-electron chi connectivity index (χ3n) is 2.22. The minimum atomic E-state index is -4.75. The molecule has 0 aromatic heterocycles. The fourth-order valence-electron chi connectivity index (χ4n) is 1.21. The predicted octanol–water partition coefficient (Wildman–Crippen LogP) is -6.22. The van der Waals surface area contributed by atoms with Crippen molar-refractivity contribution in [2.45, 2.75) is 4.90 Å². The molecule has 20 heavy (non-hydrogen) atoms. The molecule has 0 radical (unpaired) electrons. The molecule has 0 aliphatic rings. The van der Waals surface area contributed by atoms with Gasteiger partial charge in [-0.15, -0.1) is 0 Å². The van der Waals surface area contributed by atoms with Gasteiger partial charge in [0.1, 0.15) is 4.90 Å². The summed E-state index contributed by atoms with van der Waals surface area (Å²) in [6, 6.07) is 1.65. The zero-order chi connectivity index (χ0) is 14.1. The molecule has 11 heteroatoms. The number of rotatable bonds is 3. The molecule has 0 bridgehead atoms. The van der Waals surface area contributed by atoms with Crippen LogP contribution in [-0.4, -0.2) is 48.2 Å². The van der Waals surface area contributed by atoms with E-state index in [0.717, 1.165) is 17.1 Å². The van der Waals surface area contributed by atoms with Gasteiger partial charge in [0, 0.05) is 19.7 Å². The van der Waals surface area contributed by atoms with E-state index in [1.807, 2.05) is 0 Å². The first-order valence-electron chi connectivity index (χ1n) is 4.67. The number of hydrogen-bond donors (Lipinski definition) is 4. The molecule has 0 unspecified atom stereocenters. The number of benzene rings is 1. The molecule has 1 amide bonds. The fraction of sp³-hybridized carbons (Fsp3) is 0.222. The Morgan fingerprint density at radius 3 is 2.20 bits per heavy atom. The average Bonchev–Trinajstić information content (AvgIpc) is 2.28. The van der Waals surface area contributed by atoms with Gasteiger partial charge in [0.05, 0.1) is 0 Å². The molecule has 0 spiro atoms. The zero-order valence-electron chi connectivity index (χ0n) is 13.6. The van der Waals surface area contributed by atoms with Crippen molar-refractivity contribution in [1.29, 1.82) is 0 Å². The van der Waals surface area contributed by atoms with Gasteiger partial charge in [-0.25, -0.2) is 5.43 Å². The van der Waals surface area contributed by atoms with Crippen LogP contribution in [0, 0.1) is 0 Å². The Balaban J connectivity index is -0.000000405. The van der Waals surface area contributed by atoms with Crippen molar-refractivity contribution in [2.75, 3.05) is 14.1 Å². The van der Waals surface area contributed by atoms with Gasteiger partial charge < -0.3 is 13.1 Å². The van der Waals surface area contributed by atoms with E-state index in [1.165, 1.54) is 14.1 Å². The number of nitrogens with zero attached hydrogens (tertiary/aromatic N) is 1. The minimum Gasteiger partial charge on any atom is -1.00 e. The van der Waals surface area contributed by atoms with Crippen molar-refractivity contribution >= 4 is 16.0 Å². The summed E-state index contributed by atoms with van der Waals surface area (Å²) in [6.07, 6.45) is 0. The van der Waals surface area contributed by atoms with Crippen LogP contribution in [0.3, 0.4) is 0 Å². The van der Waals surface area contributed by atoms with Gasteiger partial charge in [0.15, 0.2) is 11.5 Å². The van der Waals surface area contributed by atoms with E-state index in [1.54, 1.807) is 0 Å². The van der Waals surface area contributed by atoms with Crippen molar-refractivity contribution in [1.82, 2.24) is 10.4 Å². The number of phenolic OH excluding ortho intramolecular Hbond substituents is 2. The molecule has 0 saturated carbocycles. The van der Waals surface area contributed by atoms with Crippen LogP contribution in [-0.2, 0) is 10.1 Å². The average molecular weight is 356 g/mol. The van der Waals surface area contributed by atoms with Crippen LogP contribution in [0.2, 0.25) is 0 Å². The number of phenols is 2. The summed E-state index contributed by atoms with van der Waals surface area (Å²) in [4.78, 5) is 10.8. The minimum absolute atomic E-state index is 0. The van der Waals surface area contributed by atoms with Gasteiger partial charge in [-0.3, -0.25) is 14.4 Å². The Kier molecular flexibility index (Phi) is 11.3. The summed E-state index contributed by atoms with van der Waals surface area (Å²) in [7, 11) is -1.91. The Hall–Kier alpha value is 1.43. The van der Waals surface area contributed by atoms with Crippen LogP contribution >= 0.6 is 0 Å². The van der Waals surface area contributed by atoms with Crippen molar-refractivity contribution in [2.24, 2.45) is 0 Å². The van der Waals surface area contributed by atoms with Crippen LogP contribution in [0.4, 0.5) is 0 Å². The number of nitrogens with one attached hydrogen (secondary N) is 1. The molecule has 0 aliphatic carbocycles. The Morgan fingerprint density at radius 2 is 1.80 bits per heavy atom. The largest absolute Gasteiger partial charge is 1.00 e. The quantitative estimate of drug-likeness (QED) is 0.184. The predicted molar refractivity (Wildman–Crippen MR) is 63.0 cm³/mol. The van der Waals surface area contributed by atoms with Crippen molar-refractivity contribution in [3.63, 3.8) is 0 Å². The number of amides is 1. The normalized spacial score (nSPS) is 10.2. The summed E-state index contributed by atoms with van der Waals surface area (Å²) in [5, 5.41) is 19.7. The maximum Gasteiger partial charge on any atom is 1.00 e. The van der Waals surface area contributed by atoms with E-state index >= 15 is 0 Å². The van der Waals surface area contributed by atoms with Gasteiger partial charge in [0.2, 0.25) is 0 Å². The summed E-state index contributed by atoms with van der Waals surface area (Å²) < 4.78 is 30.8. The monoisotopic (exact) mass is 356 g/mol. The zero-order valence-corrected chi connectivity index (χ0v) is 18.6. The SMILES string of the molecule is CNN(C)C(=O)c1cc(O)c(O)c(S(=O)(=O)O)c1.[H-].[H-].[K+].[K+]. The molecule has 1 rings (SSSR count). The Bertz CT molecular complexity index is 602. The molecule has 0 aliphatic heterocycles. The molecule has 104 valence electrons. The van der Waals surface area contributed by atoms with Gasteiger partial charge >= 0.3 is 103 Å². The van der Waals surface area contributed by atoms with Crippen LogP contribution < -0.4 is 108 Å². The van der Waals surface area contributed by atoms with E-state index < -0.39 is 32.4 Å². The van der Waals surface area contributed by atoms with Crippen molar-refractivity contribution in [3.05, 3.63) is 17.7 Å². The molecule has 1 aromatic rings. The molecule has 0 saturated heterocycles. The number of carbonyl (C=O) groups excluding carboxylic acids is 1. The van der Waals surface area contributed by atoms with Crippen molar-refractivity contribution in [3.8, 4) is 11.5 Å². The summed E-state index contributed by atoms with van der Waals surface area (Å²) in [5.41, 5.74) is 2.27. The maximum atomic E-state index is 11.7. The molecule has 4 N–H and O–H groups in total. The maximum absolute atomic E-state index is 11.7. The Labute approximate surface area is 204 Å². The van der Waals surface area contributed by atoms with E-state index in [2.05, 4.69) is 5.43 Å². The molecule has 0 atom stereocenters. The Morgan fingerprint density at radius 1 is 1.30 bits per heavy atom. The first-order chi connectivity index (χ1) is 8.18. The van der Waals surface area contributed by atoms with Crippen LogP contribution in [0.5, 0.6) is 11.5 Å². The molecule has 8 nitrogen and oxygen atoms in total. The van der Waals surface area contributed by atoms with Crippen LogP contribution in [0.15, 0.2) is 17.0 Å². The molecule has 0 heterocycles. The second-order valence-corrected chi connectivity index (χ2v) is 4.79. The van der Waals surface area contributed by atoms with Gasteiger partial charge in [-0.1, -0.05) is 0 Å². The van der Waals surface area contributed by atoms with Gasteiger partial charge in [0.25, 0.3) is 16.0 Å². The third kappa shape index (κ3) is 5.91. The van der Waals surface area contributed by atoms with E-state index in [9.17, 15) is 23.4 Å². The van der Waals surface area contributed by atoms with Gasteiger partial charge in [-0.2, -0.15) is 8.42 Å². The summed E-state index contributed by atoms with van der Waals surface area (Å²) >= 11 is 0. The van der Waals surface area contributed by atoms with E-state index in [0.29, 0.717) is 0 Å². The first-order valence-corrected chi connectivity index (χ1v) is 6.11. The first kappa shape index (κ1) is 23.7. The summed E-state index contributed by atoms with van der Waals surface area (Å²) in [5.74, 6) is -2.49. The second-order valence-electron chi connectivity index (χ2n) is 3.40. The molecular weight excluding hydrogens is 342 g/mol. The molecular formula is C9H14K2N2O6S. The second kappa shape index (κ2) is 9.54. The number of hydrazine groups is 1. The standard InChI is InChI=1S/C9H12N2O6S.2K.2H/c1-10-11(2)9(14)5-3-6(12)8(13)7(4-5)18(15,16)17;;;;/h3-4,10,12-13H,1-2H3,(H,15,16,17);;;;/q;2*+1;2*-1. The van der Waals surface area contributed by atoms with Crippen molar-refractivity contribution < 1.29 is 134 Å². The van der Waals surface area contributed by atoms with E-state index in [-0.39, 0.29) is 111 Å². The van der Waals surface area contributed by atoms with Crippen LogP contribution in [0.25, 0.3) is 0 Å². The van der Waals surface area contributed by atoms with E-state index in [4.69, 9.17) is 4.55 Å².